The van der Waals surface area contributed by atoms with Crippen LogP contribution < -0.4 is 0 Å². The van der Waals surface area contributed by atoms with Crippen LogP contribution in [0.25, 0.3) is 0 Å². The van der Waals surface area contributed by atoms with E-state index in [0.29, 0.717) is 0 Å². The summed E-state index contributed by atoms with van der Waals surface area (Å²) in [6, 6.07) is 0. The van der Waals surface area contributed by atoms with Crippen molar-refractivity contribution < 1.29 is 0 Å². The van der Waals surface area contributed by atoms with Gasteiger partial charge in [-0.25, -0.2) is 0 Å². The standard InChI is InChI=1S/C50H104ClP/c1-5-9-13-17-19-21-23-25-27-29-31-33-35-37-41-45-49-52(51,47-43-39-15-11-7-3,48-44-40-16-12-8-4)50-46-42-38-36-34-32-30-28-26-24-22-20-18-14-10-6-2/h5-50H2,1-4H3. The van der Waals surface area contributed by atoms with Crippen LogP contribution in [-0.4, -0.2) is 24.6 Å². The van der Waals surface area contributed by atoms with E-state index >= 15 is 0 Å². The van der Waals surface area contributed by atoms with Crippen LogP contribution in [0, 0.1) is 0 Å². The third-order valence-electron chi connectivity index (χ3n) is 12.8. The Hall–Kier alpha value is 0.720. The van der Waals surface area contributed by atoms with Gasteiger partial charge in [-0.2, -0.15) is 0 Å². The van der Waals surface area contributed by atoms with Gasteiger partial charge in [0.2, 0.25) is 0 Å². The number of hydrogen-bond acceptors (Lipinski definition) is 0. The molecule has 0 aromatic carbocycles. The zero-order chi connectivity index (χ0) is 38.0. The minimum Gasteiger partial charge on any atom is -0.0654 e. The first-order valence-electron chi connectivity index (χ1n) is 25.3. The Balaban J connectivity index is 4.54. The van der Waals surface area contributed by atoms with E-state index in [9.17, 15) is 0 Å². The van der Waals surface area contributed by atoms with Crippen molar-refractivity contribution in [2.45, 2.75) is 297 Å². The van der Waals surface area contributed by atoms with E-state index in [0.717, 1.165) is 0 Å². The van der Waals surface area contributed by atoms with Crippen LogP contribution in [0.15, 0.2) is 0 Å². The second-order valence-electron chi connectivity index (χ2n) is 18.1. The molecule has 0 unspecified atom stereocenters. The monoisotopic (exact) mass is 771 g/mol. The van der Waals surface area contributed by atoms with Crippen LogP contribution in [-0.2, 0) is 0 Å². The van der Waals surface area contributed by atoms with Crippen molar-refractivity contribution in [1.82, 2.24) is 0 Å². The molecule has 0 aromatic heterocycles. The molecule has 0 aliphatic carbocycles. The Morgan fingerprint density at radius 3 is 0.442 bits per heavy atom. The van der Waals surface area contributed by atoms with Crippen LogP contribution >= 0.6 is 17.2 Å². The molecule has 0 aliphatic heterocycles. The fourth-order valence-corrected chi connectivity index (χ4v) is 15.8. The van der Waals surface area contributed by atoms with Crippen molar-refractivity contribution >= 4 is 17.2 Å². The molecule has 0 rings (SSSR count). The third-order valence-corrected chi connectivity index (χ3v) is 20.5. The van der Waals surface area contributed by atoms with E-state index in [1.165, 1.54) is 294 Å². The Bertz CT molecular complexity index is 607. The maximum atomic E-state index is 8.28. The molecule has 0 fully saturated rings. The van der Waals surface area contributed by atoms with E-state index in [1.807, 2.05) is 0 Å². The van der Waals surface area contributed by atoms with Gasteiger partial charge in [0, 0.05) is 0 Å². The summed E-state index contributed by atoms with van der Waals surface area (Å²) >= 11 is 8.28. The summed E-state index contributed by atoms with van der Waals surface area (Å²) in [5.74, 6) is -2.16. The van der Waals surface area contributed by atoms with E-state index in [1.54, 1.807) is 0 Å². The first-order valence-corrected chi connectivity index (χ1v) is 29.1. The Kier molecular flexibility index (Phi) is 41.9. The van der Waals surface area contributed by atoms with Crippen LogP contribution in [0.4, 0.5) is 0 Å². The van der Waals surface area contributed by atoms with Gasteiger partial charge in [-0.15, -0.1) is 0 Å². The molecule has 0 saturated carbocycles. The van der Waals surface area contributed by atoms with Gasteiger partial charge in [-0.05, 0) is 0 Å². The van der Waals surface area contributed by atoms with Crippen molar-refractivity contribution in [2.75, 3.05) is 24.6 Å². The van der Waals surface area contributed by atoms with Gasteiger partial charge in [0.25, 0.3) is 0 Å². The Morgan fingerprint density at radius 2 is 0.308 bits per heavy atom. The molecular weight excluding hydrogens is 667 g/mol. The summed E-state index contributed by atoms with van der Waals surface area (Å²) in [7, 11) is 0. The van der Waals surface area contributed by atoms with Gasteiger partial charge >= 0.3 is 261 Å². The maximum absolute atomic E-state index is 8.28. The molecule has 2 heteroatoms. The van der Waals surface area contributed by atoms with E-state index in [-0.39, 0.29) is 0 Å². The molecule has 316 valence electrons. The smallest absolute Gasteiger partial charge is 0.0654 e. The molecule has 0 spiro atoms. The quantitative estimate of drug-likeness (QED) is 0.0427. The zero-order valence-electron chi connectivity index (χ0n) is 37.4. The molecular formula is C50H104ClP. The Labute approximate surface area is 337 Å². The summed E-state index contributed by atoms with van der Waals surface area (Å²) in [4.78, 5) is 0. The summed E-state index contributed by atoms with van der Waals surface area (Å²) in [6.07, 6.45) is 66.3. The van der Waals surface area contributed by atoms with Gasteiger partial charge in [-0.3, -0.25) is 0 Å². The van der Waals surface area contributed by atoms with Crippen molar-refractivity contribution in [1.29, 1.82) is 0 Å². The summed E-state index contributed by atoms with van der Waals surface area (Å²) in [5, 5.41) is 0. The van der Waals surface area contributed by atoms with Crippen molar-refractivity contribution in [3.05, 3.63) is 0 Å². The molecule has 0 aromatic rings. The number of unbranched alkanes of at least 4 members (excludes halogenated alkanes) is 38. The first-order chi connectivity index (χ1) is 25.5. The van der Waals surface area contributed by atoms with Crippen molar-refractivity contribution in [3.63, 3.8) is 0 Å². The van der Waals surface area contributed by atoms with Gasteiger partial charge < -0.3 is 0 Å². The number of rotatable bonds is 46. The predicted octanol–water partition coefficient (Wildman–Crippen LogP) is 20.2. The molecule has 52 heavy (non-hydrogen) atoms. The van der Waals surface area contributed by atoms with Gasteiger partial charge in [0.15, 0.2) is 0 Å². The summed E-state index contributed by atoms with van der Waals surface area (Å²) in [5.41, 5.74) is 0. The molecule has 0 heterocycles. The van der Waals surface area contributed by atoms with Crippen LogP contribution in [0.2, 0.25) is 0 Å². The average molecular weight is 772 g/mol. The zero-order valence-corrected chi connectivity index (χ0v) is 39.0. The fourth-order valence-electron chi connectivity index (χ4n) is 9.00. The van der Waals surface area contributed by atoms with E-state index < -0.39 is 5.96 Å². The van der Waals surface area contributed by atoms with E-state index in [4.69, 9.17) is 11.2 Å². The SMILES string of the molecule is CCCCCCCCCCCCCCCCCCP(Cl)(CCCCCCC)(CCCCCCC)CCCCCCCCCCCCCCCCCC. The second kappa shape index (κ2) is 41.4. The van der Waals surface area contributed by atoms with Crippen LogP contribution in [0.1, 0.15) is 297 Å². The second-order valence-corrected chi connectivity index (χ2v) is 26.4. The molecule has 0 saturated heterocycles. The van der Waals surface area contributed by atoms with E-state index in [2.05, 4.69) is 27.7 Å². The van der Waals surface area contributed by atoms with Gasteiger partial charge in [-0.1, -0.05) is 78.1 Å². The van der Waals surface area contributed by atoms with Crippen LogP contribution in [0.5, 0.6) is 0 Å². The predicted molar refractivity (Wildman–Crippen MR) is 249 cm³/mol. The molecule has 0 aliphatic rings. The van der Waals surface area contributed by atoms with Crippen LogP contribution in [0.3, 0.4) is 0 Å². The molecule has 0 atom stereocenters. The minimum atomic E-state index is -2.16. The third kappa shape index (κ3) is 36.4. The van der Waals surface area contributed by atoms with Crippen molar-refractivity contribution in [2.24, 2.45) is 0 Å². The van der Waals surface area contributed by atoms with Crippen molar-refractivity contribution in [3.8, 4) is 0 Å². The molecule has 0 nitrogen and oxygen atoms in total. The first kappa shape index (κ1) is 52.7. The van der Waals surface area contributed by atoms with Gasteiger partial charge in [0.1, 0.15) is 0 Å². The molecule has 0 bridgehead atoms. The number of hydrogen-bond donors (Lipinski definition) is 0. The molecule has 0 amide bonds. The topological polar surface area (TPSA) is 0 Å². The Morgan fingerprint density at radius 1 is 0.192 bits per heavy atom. The summed E-state index contributed by atoms with van der Waals surface area (Å²) in [6.45, 7) is 9.34. The molecule has 0 N–H and O–H groups in total. The van der Waals surface area contributed by atoms with Gasteiger partial charge in [0.05, 0.1) is 0 Å². The fraction of sp³-hybridized carbons (Fsp3) is 1.00. The summed E-state index contributed by atoms with van der Waals surface area (Å²) < 4.78 is 0. The number of halogens is 1. The minimum absolute atomic E-state index is 1.35. The average Bonchev–Trinajstić information content (AvgIpc) is 3.14. The molecule has 0 radical (unpaired) electrons. The normalized spacial score (nSPS) is 12.8.